The largest absolute Gasteiger partial charge is 0.497 e. The lowest BCUT2D eigenvalue weighted by Crippen LogP contribution is -2.06. The quantitative estimate of drug-likeness (QED) is 0.893. The first-order chi connectivity index (χ1) is 8.70. The zero-order valence-corrected chi connectivity index (χ0v) is 10.6. The van der Waals surface area contributed by atoms with Crippen molar-refractivity contribution in [3.63, 3.8) is 0 Å². The highest BCUT2D eigenvalue weighted by Gasteiger charge is 2.08. The summed E-state index contributed by atoms with van der Waals surface area (Å²) in [6, 6.07) is 15.2. The Bertz CT molecular complexity index is 523. The van der Waals surface area contributed by atoms with Gasteiger partial charge in [0.2, 0.25) is 0 Å². The first-order valence-corrected chi connectivity index (χ1v) is 5.87. The molecule has 0 fully saturated rings. The molecule has 2 N–H and O–H groups in total. The van der Waals surface area contributed by atoms with Crippen LogP contribution in [-0.4, -0.2) is 7.11 Å². The molecule has 94 valence electrons. The van der Waals surface area contributed by atoms with Gasteiger partial charge in [-0.2, -0.15) is 0 Å². The second-order valence-electron chi connectivity index (χ2n) is 4.11. The summed E-state index contributed by atoms with van der Waals surface area (Å²) >= 11 is 0. The number of para-hydroxylation sites is 1. The number of benzene rings is 2. The Hall–Kier alpha value is -2.00. The van der Waals surface area contributed by atoms with E-state index in [0.717, 1.165) is 22.8 Å². The van der Waals surface area contributed by atoms with Crippen LogP contribution in [0.1, 0.15) is 18.5 Å². The summed E-state index contributed by atoms with van der Waals surface area (Å²) in [5.41, 5.74) is 6.91. The number of rotatable bonds is 4. The first kappa shape index (κ1) is 12.5. The molecular formula is C15H17NO2. The lowest BCUT2D eigenvalue weighted by molar-refractivity contribution is 0.408. The smallest absolute Gasteiger partial charge is 0.132 e. The van der Waals surface area contributed by atoms with E-state index in [1.54, 1.807) is 7.11 Å². The summed E-state index contributed by atoms with van der Waals surface area (Å²) in [5, 5.41) is 0. The summed E-state index contributed by atoms with van der Waals surface area (Å²) in [4.78, 5) is 0. The molecule has 0 aliphatic rings. The Labute approximate surface area is 107 Å². The topological polar surface area (TPSA) is 44.5 Å². The summed E-state index contributed by atoms with van der Waals surface area (Å²) < 4.78 is 11.0. The van der Waals surface area contributed by atoms with Crippen LogP contribution >= 0.6 is 0 Å². The molecule has 0 heterocycles. The lowest BCUT2D eigenvalue weighted by Gasteiger charge is -2.13. The first-order valence-electron chi connectivity index (χ1n) is 5.87. The number of methoxy groups -OCH3 is 1. The number of ether oxygens (including phenoxy) is 2. The maximum absolute atomic E-state index is 5.92. The molecule has 0 amide bonds. The predicted octanol–water partition coefficient (Wildman–Crippen LogP) is 3.51. The molecule has 0 aromatic heterocycles. The maximum Gasteiger partial charge on any atom is 0.132 e. The molecule has 0 unspecified atom stereocenters. The Morgan fingerprint density at radius 1 is 1.00 bits per heavy atom. The highest BCUT2D eigenvalue weighted by molar-refractivity contribution is 5.41. The van der Waals surface area contributed by atoms with E-state index in [1.165, 1.54) is 0 Å². The highest BCUT2D eigenvalue weighted by Crippen LogP contribution is 2.30. The fourth-order valence-corrected chi connectivity index (χ4v) is 1.74. The van der Waals surface area contributed by atoms with Crippen molar-refractivity contribution in [3.8, 4) is 17.2 Å². The second-order valence-corrected chi connectivity index (χ2v) is 4.11. The zero-order chi connectivity index (χ0) is 13.0. The van der Waals surface area contributed by atoms with Gasteiger partial charge < -0.3 is 15.2 Å². The van der Waals surface area contributed by atoms with Crippen molar-refractivity contribution in [1.29, 1.82) is 0 Å². The van der Waals surface area contributed by atoms with E-state index < -0.39 is 0 Å². The van der Waals surface area contributed by atoms with Gasteiger partial charge in [0, 0.05) is 17.7 Å². The van der Waals surface area contributed by atoms with Gasteiger partial charge in [-0.3, -0.25) is 0 Å². The van der Waals surface area contributed by atoms with Crippen LogP contribution in [0.3, 0.4) is 0 Å². The van der Waals surface area contributed by atoms with Crippen LogP contribution < -0.4 is 15.2 Å². The van der Waals surface area contributed by atoms with Gasteiger partial charge in [0.25, 0.3) is 0 Å². The van der Waals surface area contributed by atoms with Crippen molar-refractivity contribution < 1.29 is 9.47 Å². The molecule has 0 aliphatic heterocycles. The van der Waals surface area contributed by atoms with Crippen LogP contribution in [0.4, 0.5) is 0 Å². The fourth-order valence-electron chi connectivity index (χ4n) is 1.74. The van der Waals surface area contributed by atoms with Crippen molar-refractivity contribution in [2.75, 3.05) is 7.11 Å². The van der Waals surface area contributed by atoms with E-state index in [4.69, 9.17) is 15.2 Å². The van der Waals surface area contributed by atoms with Gasteiger partial charge in [-0.05, 0) is 25.1 Å². The SMILES string of the molecule is COc1cccc(Oc2ccccc2[C@@H](C)N)c1. The van der Waals surface area contributed by atoms with Gasteiger partial charge >= 0.3 is 0 Å². The molecule has 0 radical (unpaired) electrons. The van der Waals surface area contributed by atoms with E-state index in [2.05, 4.69) is 0 Å². The van der Waals surface area contributed by atoms with Crippen molar-refractivity contribution in [2.24, 2.45) is 5.73 Å². The summed E-state index contributed by atoms with van der Waals surface area (Å²) in [5.74, 6) is 2.29. The lowest BCUT2D eigenvalue weighted by atomic mass is 10.1. The highest BCUT2D eigenvalue weighted by atomic mass is 16.5. The van der Waals surface area contributed by atoms with Crippen molar-refractivity contribution in [1.82, 2.24) is 0 Å². The van der Waals surface area contributed by atoms with Gasteiger partial charge in [0.1, 0.15) is 17.2 Å². The third kappa shape index (κ3) is 2.81. The molecule has 0 aliphatic carbocycles. The van der Waals surface area contributed by atoms with Crippen LogP contribution in [0, 0.1) is 0 Å². The van der Waals surface area contributed by atoms with Crippen LogP contribution in [-0.2, 0) is 0 Å². The summed E-state index contributed by atoms with van der Waals surface area (Å²) in [7, 11) is 1.63. The standard InChI is InChI=1S/C15H17NO2/c1-11(16)14-8-3-4-9-15(14)18-13-7-5-6-12(10-13)17-2/h3-11H,16H2,1-2H3/t11-/m1/s1. The molecule has 0 bridgehead atoms. The van der Waals surface area contributed by atoms with Crippen LogP contribution in [0.25, 0.3) is 0 Å². The van der Waals surface area contributed by atoms with Crippen LogP contribution in [0.15, 0.2) is 48.5 Å². The monoisotopic (exact) mass is 243 g/mol. The molecule has 2 aromatic carbocycles. The molecule has 3 heteroatoms. The van der Waals surface area contributed by atoms with E-state index >= 15 is 0 Å². The minimum atomic E-state index is -0.0631. The van der Waals surface area contributed by atoms with E-state index in [-0.39, 0.29) is 6.04 Å². The average molecular weight is 243 g/mol. The van der Waals surface area contributed by atoms with Gasteiger partial charge in [-0.1, -0.05) is 24.3 Å². The maximum atomic E-state index is 5.92. The Morgan fingerprint density at radius 3 is 2.44 bits per heavy atom. The van der Waals surface area contributed by atoms with Gasteiger partial charge in [-0.25, -0.2) is 0 Å². The van der Waals surface area contributed by atoms with Crippen molar-refractivity contribution in [2.45, 2.75) is 13.0 Å². The average Bonchev–Trinajstić information content (AvgIpc) is 2.39. The van der Waals surface area contributed by atoms with Gasteiger partial charge in [-0.15, -0.1) is 0 Å². The summed E-state index contributed by atoms with van der Waals surface area (Å²) in [6.45, 7) is 1.94. The molecule has 3 nitrogen and oxygen atoms in total. The molecule has 18 heavy (non-hydrogen) atoms. The van der Waals surface area contributed by atoms with Gasteiger partial charge in [0.05, 0.1) is 7.11 Å². The minimum Gasteiger partial charge on any atom is -0.497 e. The third-order valence-corrected chi connectivity index (χ3v) is 2.68. The predicted molar refractivity (Wildman–Crippen MR) is 72.1 cm³/mol. The molecule has 0 saturated heterocycles. The van der Waals surface area contributed by atoms with Crippen molar-refractivity contribution in [3.05, 3.63) is 54.1 Å². The number of hydrogen-bond donors (Lipinski definition) is 1. The summed E-state index contributed by atoms with van der Waals surface area (Å²) in [6.07, 6.45) is 0. The fraction of sp³-hybridized carbons (Fsp3) is 0.200. The molecule has 2 rings (SSSR count). The third-order valence-electron chi connectivity index (χ3n) is 2.68. The van der Waals surface area contributed by atoms with E-state index in [1.807, 2.05) is 55.5 Å². The Balaban J connectivity index is 2.28. The molecule has 0 spiro atoms. The Kier molecular flexibility index (Phi) is 3.85. The van der Waals surface area contributed by atoms with Crippen LogP contribution in [0.5, 0.6) is 17.2 Å². The molecule has 0 saturated carbocycles. The number of nitrogens with two attached hydrogens (primary N) is 1. The van der Waals surface area contributed by atoms with Gasteiger partial charge in [0.15, 0.2) is 0 Å². The molecular weight excluding hydrogens is 226 g/mol. The van der Waals surface area contributed by atoms with E-state index in [0.29, 0.717) is 0 Å². The van der Waals surface area contributed by atoms with Crippen molar-refractivity contribution >= 4 is 0 Å². The van der Waals surface area contributed by atoms with Crippen LogP contribution in [0.2, 0.25) is 0 Å². The zero-order valence-electron chi connectivity index (χ0n) is 10.6. The second kappa shape index (κ2) is 5.56. The minimum absolute atomic E-state index is 0.0631. The Morgan fingerprint density at radius 2 is 1.72 bits per heavy atom. The normalized spacial score (nSPS) is 11.9. The molecule has 1 atom stereocenters. The number of hydrogen-bond acceptors (Lipinski definition) is 3. The van der Waals surface area contributed by atoms with E-state index in [9.17, 15) is 0 Å². The molecule has 2 aromatic rings.